The minimum atomic E-state index is 0.00733. The Labute approximate surface area is 253 Å². The van der Waals surface area contributed by atoms with E-state index >= 15 is 0 Å². The molecule has 202 valence electrons. The molecule has 7 aromatic carbocycles. The fourth-order valence-electron chi connectivity index (χ4n) is 8.17. The predicted octanol–water partition coefficient (Wildman–Crippen LogP) is 9.26. The van der Waals surface area contributed by atoms with Crippen molar-refractivity contribution in [2.75, 3.05) is 4.90 Å². The maximum Gasteiger partial charge on any atom is 0.333 e. The topological polar surface area (TPSA) is 21.3 Å². The maximum atomic E-state index is 6.21. The van der Waals surface area contributed by atoms with Gasteiger partial charge < -0.3 is 13.8 Å². The number of anilines is 3. The van der Waals surface area contributed by atoms with Gasteiger partial charge in [-0.15, -0.1) is 0 Å². The zero-order valence-corrected chi connectivity index (χ0v) is 23.7. The molecule has 4 heterocycles. The summed E-state index contributed by atoms with van der Waals surface area (Å²) in [5.41, 5.74) is 12.2. The van der Waals surface area contributed by atoms with Crippen LogP contribution >= 0.6 is 0 Å². The van der Waals surface area contributed by atoms with E-state index < -0.39 is 0 Å². The van der Waals surface area contributed by atoms with Gasteiger partial charge in [0.15, 0.2) is 0 Å². The molecule has 0 spiro atoms. The number of benzene rings is 7. The summed E-state index contributed by atoms with van der Waals surface area (Å²) in [7, 11) is 0. The molecule has 9 aromatic rings. The van der Waals surface area contributed by atoms with E-state index in [2.05, 4.69) is 143 Å². The van der Waals surface area contributed by atoms with Crippen LogP contribution in [0.2, 0.25) is 0 Å². The van der Waals surface area contributed by atoms with E-state index in [0.717, 1.165) is 16.7 Å². The molecule has 11 rings (SSSR count). The average Bonchev–Trinajstić information content (AvgIpc) is 3.69. The Kier molecular flexibility index (Phi) is 4.15. The van der Waals surface area contributed by atoms with Gasteiger partial charge in [0.25, 0.3) is 0 Å². The van der Waals surface area contributed by atoms with E-state index in [1.807, 2.05) is 6.26 Å². The summed E-state index contributed by atoms with van der Waals surface area (Å²) in [5.74, 6) is 0. The predicted molar refractivity (Wildman–Crippen MR) is 185 cm³/mol. The molecule has 0 saturated heterocycles. The van der Waals surface area contributed by atoms with Gasteiger partial charge in [-0.2, -0.15) is 0 Å². The quantitative estimate of drug-likeness (QED) is 0.187. The highest BCUT2D eigenvalue weighted by molar-refractivity contribution is 6.90. The summed E-state index contributed by atoms with van der Waals surface area (Å²) >= 11 is 0. The smallest absolute Gasteiger partial charge is 0.333 e. The molecule has 0 atom stereocenters. The van der Waals surface area contributed by atoms with E-state index in [4.69, 9.17) is 4.42 Å². The lowest BCUT2D eigenvalue weighted by molar-refractivity contribution is 0.616. The largest absolute Gasteiger partial charge is 0.464 e. The SMILES string of the molecule is c1ccc2cc(N3c4cc5ccccc5cc4B4c5c(cc6occc6c53)-c3cccc5c6ccccc6n4c35)ccc2c1. The molecule has 0 aliphatic carbocycles. The number of fused-ring (bicyclic) bond motifs is 11. The molecular formula is C40H23BN2O. The standard InChI is InChI=1S/C40H23BN2O/c1-2-9-25-20-28(17-16-24(25)8-1)42-36-22-27-11-4-3-10-26(27)21-34(36)41-38-33(23-37-32(40(38)42)18-19-44-37)31-14-7-13-30-29-12-5-6-15-35(29)43(41)39(30)31/h1-23H. The van der Waals surface area contributed by atoms with E-state index in [1.54, 1.807) is 0 Å². The van der Waals surface area contributed by atoms with Gasteiger partial charge in [-0.05, 0) is 74.4 Å². The lowest BCUT2D eigenvalue weighted by atomic mass is 9.44. The second kappa shape index (κ2) is 8.00. The van der Waals surface area contributed by atoms with E-state index in [0.29, 0.717) is 0 Å². The van der Waals surface area contributed by atoms with Crippen molar-refractivity contribution in [3.8, 4) is 11.1 Å². The van der Waals surface area contributed by atoms with Crippen LogP contribution in [0, 0.1) is 0 Å². The Morgan fingerprint density at radius 1 is 0.545 bits per heavy atom. The molecule has 2 aliphatic rings. The molecule has 4 heteroatoms. The van der Waals surface area contributed by atoms with Crippen LogP contribution in [0.4, 0.5) is 17.1 Å². The molecular weight excluding hydrogens is 535 g/mol. The molecule has 0 radical (unpaired) electrons. The summed E-state index contributed by atoms with van der Waals surface area (Å²) in [6, 6.07) is 49.1. The van der Waals surface area contributed by atoms with E-state index in [-0.39, 0.29) is 6.85 Å². The van der Waals surface area contributed by atoms with Crippen LogP contribution < -0.4 is 15.8 Å². The number of aromatic nitrogens is 1. The number of furan rings is 1. The number of hydrogen-bond donors (Lipinski definition) is 0. The lowest BCUT2D eigenvalue weighted by Crippen LogP contribution is -2.56. The second-order valence-corrected chi connectivity index (χ2v) is 12.1. The first-order chi connectivity index (χ1) is 21.8. The van der Waals surface area contributed by atoms with Gasteiger partial charge in [-0.3, -0.25) is 0 Å². The van der Waals surface area contributed by atoms with Crippen LogP contribution in [0.25, 0.3) is 65.4 Å². The van der Waals surface area contributed by atoms with Crippen molar-refractivity contribution >= 4 is 89.2 Å². The molecule has 0 bridgehead atoms. The second-order valence-electron chi connectivity index (χ2n) is 12.1. The summed E-state index contributed by atoms with van der Waals surface area (Å²) in [4.78, 5) is 2.50. The van der Waals surface area contributed by atoms with Crippen molar-refractivity contribution in [3.63, 3.8) is 0 Å². The van der Waals surface area contributed by atoms with Crippen LogP contribution in [-0.2, 0) is 0 Å². The Bertz CT molecular complexity index is 2700. The highest BCUT2D eigenvalue weighted by Crippen LogP contribution is 2.48. The van der Waals surface area contributed by atoms with Crippen LogP contribution in [-0.4, -0.2) is 11.3 Å². The monoisotopic (exact) mass is 558 g/mol. The third-order valence-electron chi connectivity index (χ3n) is 9.97. The third-order valence-corrected chi connectivity index (χ3v) is 9.97. The fraction of sp³-hybridized carbons (Fsp3) is 0. The number of hydrogen-bond acceptors (Lipinski definition) is 2. The minimum absolute atomic E-state index is 0.00733. The zero-order valence-electron chi connectivity index (χ0n) is 23.7. The Morgan fingerprint density at radius 2 is 1.30 bits per heavy atom. The van der Waals surface area contributed by atoms with Crippen molar-refractivity contribution in [1.29, 1.82) is 0 Å². The van der Waals surface area contributed by atoms with Gasteiger partial charge in [-0.25, -0.2) is 0 Å². The lowest BCUT2D eigenvalue weighted by Gasteiger charge is -2.41. The van der Waals surface area contributed by atoms with Gasteiger partial charge in [0.2, 0.25) is 0 Å². The number of nitrogens with zero attached hydrogens (tertiary/aromatic N) is 2. The summed E-state index contributed by atoms with van der Waals surface area (Å²) < 4.78 is 8.82. The molecule has 2 aliphatic heterocycles. The zero-order chi connectivity index (χ0) is 28.5. The van der Waals surface area contributed by atoms with Gasteiger partial charge in [-0.1, -0.05) is 97.1 Å². The highest BCUT2D eigenvalue weighted by atomic mass is 16.3. The van der Waals surface area contributed by atoms with Crippen LogP contribution in [0.5, 0.6) is 0 Å². The molecule has 2 aromatic heterocycles. The van der Waals surface area contributed by atoms with Crippen LogP contribution in [0.3, 0.4) is 0 Å². The van der Waals surface area contributed by atoms with Gasteiger partial charge in [0.1, 0.15) is 5.58 Å². The maximum absolute atomic E-state index is 6.21. The minimum Gasteiger partial charge on any atom is -0.464 e. The number of para-hydroxylation sites is 2. The fourth-order valence-corrected chi connectivity index (χ4v) is 8.17. The van der Waals surface area contributed by atoms with Crippen molar-refractivity contribution < 1.29 is 4.42 Å². The Morgan fingerprint density at radius 3 is 2.18 bits per heavy atom. The van der Waals surface area contributed by atoms with Gasteiger partial charge >= 0.3 is 6.85 Å². The Balaban J connectivity index is 1.37. The van der Waals surface area contributed by atoms with E-state index in [1.165, 1.54) is 76.8 Å². The van der Waals surface area contributed by atoms with Gasteiger partial charge in [0, 0.05) is 44.1 Å². The van der Waals surface area contributed by atoms with Crippen LogP contribution in [0.15, 0.2) is 144 Å². The first-order valence-corrected chi connectivity index (χ1v) is 15.2. The average molecular weight is 558 g/mol. The normalized spacial score (nSPS) is 13.4. The van der Waals surface area contributed by atoms with Crippen molar-refractivity contribution in [1.82, 2.24) is 4.48 Å². The van der Waals surface area contributed by atoms with Crippen molar-refractivity contribution in [2.24, 2.45) is 0 Å². The number of rotatable bonds is 1. The summed E-state index contributed by atoms with van der Waals surface area (Å²) in [5, 5.41) is 8.68. The first-order valence-electron chi connectivity index (χ1n) is 15.2. The molecule has 0 fully saturated rings. The molecule has 0 N–H and O–H groups in total. The van der Waals surface area contributed by atoms with Crippen LogP contribution in [0.1, 0.15) is 0 Å². The first kappa shape index (κ1) is 22.8. The molecule has 0 unspecified atom stereocenters. The van der Waals surface area contributed by atoms with E-state index in [9.17, 15) is 0 Å². The summed E-state index contributed by atoms with van der Waals surface area (Å²) in [6.45, 7) is 0.00733. The van der Waals surface area contributed by atoms with Crippen molar-refractivity contribution in [2.45, 2.75) is 0 Å². The Hall–Kier alpha value is -5.74. The molecule has 0 amide bonds. The summed E-state index contributed by atoms with van der Waals surface area (Å²) in [6.07, 6.45) is 1.84. The highest BCUT2D eigenvalue weighted by Gasteiger charge is 2.44. The van der Waals surface area contributed by atoms with Gasteiger partial charge in [0.05, 0.1) is 12.0 Å². The molecule has 44 heavy (non-hydrogen) atoms. The third kappa shape index (κ3) is 2.74. The van der Waals surface area contributed by atoms with Crippen molar-refractivity contribution in [3.05, 3.63) is 140 Å². The molecule has 3 nitrogen and oxygen atoms in total. The molecule has 0 saturated carbocycles.